The van der Waals surface area contributed by atoms with Crippen molar-refractivity contribution in [2.45, 2.75) is 12.2 Å². The maximum atomic E-state index is 9.44. The van der Waals surface area contributed by atoms with Crippen LogP contribution >= 0.6 is 0 Å². The summed E-state index contributed by atoms with van der Waals surface area (Å²) in [7, 11) is 0. The lowest BCUT2D eigenvalue weighted by atomic mass is 10.0. The van der Waals surface area contributed by atoms with Crippen LogP contribution in [0.1, 0.15) is 11.7 Å². The molecule has 0 amide bonds. The number of rotatable bonds is 3. The van der Waals surface area contributed by atoms with Gasteiger partial charge in [0.05, 0.1) is 12.3 Å². The monoisotopic (exact) mass is 199 g/mol. The highest BCUT2D eigenvalue weighted by atomic mass is 16.4. The van der Waals surface area contributed by atoms with E-state index in [0.717, 1.165) is 0 Å². The maximum Gasteiger partial charge on any atom is 0.138 e. The second-order valence-corrected chi connectivity index (χ2v) is 3.01. The normalized spacial score (nSPS) is 15.1. The molecule has 1 aromatic carbocycles. The molecule has 0 heterocycles. The molecular weight excluding hydrogens is 186 g/mol. The van der Waals surface area contributed by atoms with Gasteiger partial charge in [0.15, 0.2) is 0 Å². The molecule has 0 bridgehead atoms. The van der Waals surface area contributed by atoms with E-state index in [1.54, 1.807) is 0 Å². The average Bonchev–Trinajstić information content (AvgIpc) is 2.20. The van der Waals surface area contributed by atoms with E-state index in [0.29, 0.717) is 5.56 Å². The van der Waals surface area contributed by atoms with Gasteiger partial charge in [-0.15, -0.1) is 0 Å². The highest BCUT2D eigenvalue weighted by Crippen LogP contribution is 2.25. The molecule has 0 aliphatic heterocycles. The van der Waals surface area contributed by atoms with Crippen LogP contribution in [0.25, 0.3) is 0 Å². The highest BCUT2D eigenvalue weighted by Gasteiger charge is 2.17. The van der Waals surface area contributed by atoms with E-state index in [-0.39, 0.29) is 11.4 Å². The zero-order chi connectivity index (χ0) is 10.7. The van der Waals surface area contributed by atoms with Gasteiger partial charge in [-0.25, -0.2) is 0 Å². The van der Waals surface area contributed by atoms with Crippen molar-refractivity contribution in [1.82, 2.24) is 0 Å². The molecule has 0 radical (unpaired) electrons. The minimum atomic E-state index is -1.27. The van der Waals surface area contributed by atoms with Crippen LogP contribution in [0.5, 0.6) is 5.75 Å². The third kappa shape index (κ3) is 2.14. The Kier molecular flexibility index (Phi) is 3.29. The number of hydrogen-bond acceptors (Lipinski definition) is 5. The maximum absolute atomic E-state index is 9.44. The first-order valence-electron chi connectivity index (χ1n) is 4.11. The summed E-state index contributed by atoms with van der Waals surface area (Å²) in [4.78, 5) is 0. The Hall–Kier alpha value is -1.30. The Labute approximate surface area is 81.0 Å². The van der Waals surface area contributed by atoms with Gasteiger partial charge in [0.1, 0.15) is 18.0 Å². The average molecular weight is 199 g/mol. The van der Waals surface area contributed by atoms with E-state index in [2.05, 4.69) is 0 Å². The summed E-state index contributed by atoms with van der Waals surface area (Å²) in [5.74, 6) is -0.160. The van der Waals surface area contributed by atoms with E-state index < -0.39 is 18.8 Å². The second-order valence-electron chi connectivity index (χ2n) is 3.01. The molecule has 2 unspecified atom stereocenters. The number of hydrogen-bond donors (Lipinski definition) is 5. The predicted octanol–water partition coefficient (Wildman–Crippen LogP) is -0.639. The summed E-state index contributed by atoms with van der Waals surface area (Å²) in [5, 5.41) is 36.4. The molecular formula is C9H13NO4. The molecule has 78 valence electrons. The van der Waals surface area contributed by atoms with Crippen LogP contribution < -0.4 is 5.73 Å². The zero-order valence-corrected chi connectivity index (χ0v) is 7.46. The van der Waals surface area contributed by atoms with Gasteiger partial charge in [-0.3, -0.25) is 0 Å². The van der Waals surface area contributed by atoms with Crippen molar-refractivity contribution in [2.75, 3.05) is 12.3 Å². The largest absolute Gasteiger partial charge is 0.506 e. The summed E-state index contributed by atoms with van der Waals surface area (Å²) < 4.78 is 0. The van der Waals surface area contributed by atoms with Crippen LogP contribution in [0.3, 0.4) is 0 Å². The standard InChI is InChI=1S/C9H13NO4/c10-6-2-1-5(3-7(6)12)9(14)8(13)4-11/h1-3,8-9,11-14H,4,10H2. The van der Waals surface area contributed by atoms with Gasteiger partial charge in [-0.05, 0) is 17.7 Å². The fourth-order valence-corrected chi connectivity index (χ4v) is 1.07. The Bertz CT molecular complexity index is 316. The molecule has 0 fully saturated rings. The molecule has 0 saturated heterocycles. The van der Waals surface area contributed by atoms with Crippen molar-refractivity contribution < 1.29 is 20.4 Å². The fourth-order valence-electron chi connectivity index (χ4n) is 1.07. The second kappa shape index (κ2) is 4.28. The van der Waals surface area contributed by atoms with Crippen LogP contribution in [-0.4, -0.2) is 33.1 Å². The van der Waals surface area contributed by atoms with Crippen LogP contribution in [0, 0.1) is 0 Å². The third-order valence-electron chi connectivity index (χ3n) is 1.95. The van der Waals surface area contributed by atoms with Crippen LogP contribution in [0.2, 0.25) is 0 Å². The SMILES string of the molecule is Nc1ccc(C(O)C(O)CO)cc1O. The Balaban J connectivity index is 2.91. The molecule has 0 aromatic heterocycles. The first-order valence-corrected chi connectivity index (χ1v) is 4.11. The van der Waals surface area contributed by atoms with Crippen molar-refractivity contribution in [3.63, 3.8) is 0 Å². The molecule has 14 heavy (non-hydrogen) atoms. The molecule has 2 atom stereocenters. The fraction of sp³-hybridized carbons (Fsp3) is 0.333. The summed E-state index contributed by atoms with van der Waals surface area (Å²) in [6.45, 7) is -0.549. The van der Waals surface area contributed by atoms with Crippen molar-refractivity contribution in [3.8, 4) is 5.75 Å². The van der Waals surface area contributed by atoms with E-state index >= 15 is 0 Å². The van der Waals surface area contributed by atoms with Crippen molar-refractivity contribution in [2.24, 2.45) is 0 Å². The summed E-state index contributed by atoms with van der Waals surface area (Å²) in [6.07, 6.45) is -2.50. The molecule has 5 nitrogen and oxygen atoms in total. The van der Waals surface area contributed by atoms with Crippen molar-refractivity contribution in [1.29, 1.82) is 0 Å². The summed E-state index contributed by atoms with van der Waals surface area (Å²) in [5.41, 5.74) is 5.85. The third-order valence-corrected chi connectivity index (χ3v) is 1.95. The molecule has 1 rings (SSSR count). The van der Waals surface area contributed by atoms with E-state index in [1.807, 2.05) is 0 Å². The van der Waals surface area contributed by atoms with Gasteiger partial charge in [0.2, 0.25) is 0 Å². The highest BCUT2D eigenvalue weighted by molar-refractivity contribution is 5.53. The molecule has 0 aliphatic carbocycles. The Morgan fingerprint density at radius 3 is 2.43 bits per heavy atom. The summed E-state index contributed by atoms with van der Waals surface area (Å²) >= 11 is 0. The van der Waals surface area contributed by atoms with E-state index in [9.17, 15) is 10.2 Å². The number of nitrogen functional groups attached to an aromatic ring is 1. The minimum Gasteiger partial charge on any atom is -0.506 e. The van der Waals surface area contributed by atoms with Crippen LogP contribution in [-0.2, 0) is 0 Å². The van der Waals surface area contributed by atoms with E-state index in [1.165, 1.54) is 18.2 Å². The quantitative estimate of drug-likeness (QED) is 0.329. The van der Waals surface area contributed by atoms with Gasteiger partial charge in [-0.2, -0.15) is 0 Å². The minimum absolute atomic E-state index is 0.160. The Morgan fingerprint density at radius 2 is 1.93 bits per heavy atom. The van der Waals surface area contributed by atoms with Gasteiger partial charge in [0, 0.05) is 0 Å². The zero-order valence-electron chi connectivity index (χ0n) is 7.46. The van der Waals surface area contributed by atoms with Crippen LogP contribution in [0.4, 0.5) is 5.69 Å². The number of aliphatic hydroxyl groups is 3. The number of aliphatic hydroxyl groups excluding tert-OH is 3. The lowest BCUT2D eigenvalue weighted by molar-refractivity contribution is -0.0153. The van der Waals surface area contributed by atoms with Gasteiger partial charge in [-0.1, -0.05) is 6.07 Å². The molecule has 5 heteroatoms. The van der Waals surface area contributed by atoms with Crippen molar-refractivity contribution in [3.05, 3.63) is 23.8 Å². The van der Waals surface area contributed by atoms with Gasteiger partial charge < -0.3 is 26.2 Å². The number of benzene rings is 1. The first-order chi connectivity index (χ1) is 6.56. The molecule has 0 spiro atoms. The lowest BCUT2D eigenvalue weighted by Crippen LogP contribution is -2.21. The Morgan fingerprint density at radius 1 is 1.29 bits per heavy atom. The van der Waals surface area contributed by atoms with E-state index in [4.69, 9.17) is 15.9 Å². The molecule has 0 aliphatic rings. The van der Waals surface area contributed by atoms with Crippen LogP contribution in [0.15, 0.2) is 18.2 Å². The van der Waals surface area contributed by atoms with Gasteiger partial charge in [0.25, 0.3) is 0 Å². The molecule has 1 aromatic rings. The smallest absolute Gasteiger partial charge is 0.138 e. The number of phenols is 1. The first kappa shape index (κ1) is 10.8. The predicted molar refractivity (Wildman–Crippen MR) is 50.6 cm³/mol. The molecule has 6 N–H and O–H groups in total. The van der Waals surface area contributed by atoms with Gasteiger partial charge >= 0.3 is 0 Å². The lowest BCUT2D eigenvalue weighted by Gasteiger charge is -2.16. The topological polar surface area (TPSA) is 107 Å². The van der Waals surface area contributed by atoms with Crippen molar-refractivity contribution >= 4 is 5.69 Å². The molecule has 0 saturated carbocycles. The summed E-state index contributed by atoms with van der Waals surface area (Å²) in [6, 6.07) is 4.13. The number of nitrogens with two attached hydrogens (primary N) is 1. The number of phenolic OH excluding ortho intramolecular Hbond substituents is 1. The number of aromatic hydroxyl groups is 1. The number of anilines is 1.